The number of nitrogens with one attached hydrogen (secondary N) is 2. The molecule has 0 saturated carbocycles. The summed E-state index contributed by atoms with van der Waals surface area (Å²) in [6.07, 6.45) is 0. The molecule has 2 N–H and O–H groups in total. The SMILES string of the molecule is COc1cccc2cc(C(=O)Nc3ccc(S(=O)(=O)Nc4cccc(C)c4)cc3)oc12. The number of anilines is 2. The van der Waals surface area contributed by atoms with Crippen LogP contribution in [0.5, 0.6) is 5.75 Å². The summed E-state index contributed by atoms with van der Waals surface area (Å²) in [6, 6.07) is 20.0. The minimum Gasteiger partial charge on any atom is -0.493 e. The standard InChI is InChI=1S/C23H20N2O5S/c1-15-5-3-7-18(13-15)25-31(27,28)19-11-9-17(10-12-19)24-23(26)21-14-16-6-4-8-20(29-2)22(16)30-21/h3-14,25H,1-2H3,(H,24,26). The number of sulfonamides is 1. The maximum atomic E-state index is 12.6. The van der Waals surface area contributed by atoms with Crippen LogP contribution in [0.3, 0.4) is 0 Å². The average Bonchev–Trinajstić information content (AvgIpc) is 3.18. The van der Waals surface area contributed by atoms with Gasteiger partial charge in [0.2, 0.25) is 0 Å². The number of carbonyl (C=O) groups excluding carboxylic acids is 1. The molecule has 0 aliphatic rings. The van der Waals surface area contributed by atoms with E-state index < -0.39 is 15.9 Å². The zero-order chi connectivity index (χ0) is 22.0. The Labute approximate surface area is 179 Å². The quantitative estimate of drug-likeness (QED) is 0.452. The van der Waals surface area contributed by atoms with E-state index in [4.69, 9.17) is 9.15 Å². The van der Waals surface area contributed by atoms with Gasteiger partial charge in [0.1, 0.15) is 0 Å². The Morgan fingerprint density at radius 2 is 1.68 bits per heavy atom. The molecule has 0 aliphatic heterocycles. The number of methoxy groups -OCH3 is 1. The molecule has 4 aromatic rings. The molecule has 31 heavy (non-hydrogen) atoms. The molecule has 1 aromatic heterocycles. The smallest absolute Gasteiger partial charge is 0.291 e. The first-order valence-corrected chi connectivity index (χ1v) is 10.9. The molecule has 7 nitrogen and oxygen atoms in total. The molecule has 1 heterocycles. The van der Waals surface area contributed by atoms with Crippen molar-refractivity contribution in [1.29, 1.82) is 0 Å². The minimum absolute atomic E-state index is 0.0838. The molecular formula is C23H20N2O5S. The lowest BCUT2D eigenvalue weighted by Gasteiger charge is -2.09. The molecule has 158 valence electrons. The van der Waals surface area contributed by atoms with Gasteiger partial charge in [-0.15, -0.1) is 0 Å². The number of benzene rings is 3. The number of carbonyl (C=O) groups is 1. The molecule has 0 fully saturated rings. The van der Waals surface area contributed by atoms with Crippen LogP contribution in [0.1, 0.15) is 16.1 Å². The summed E-state index contributed by atoms with van der Waals surface area (Å²) in [5.41, 5.74) is 2.35. The van der Waals surface area contributed by atoms with Gasteiger partial charge in [0.25, 0.3) is 15.9 Å². The van der Waals surface area contributed by atoms with Gasteiger partial charge in [0.15, 0.2) is 17.1 Å². The molecule has 0 radical (unpaired) electrons. The van der Waals surface area contributed by atoms with Gasteiger partial charge in [-0.05, 0) is 61.0 Å². The van der Waals surface area contributed by atoms with Crippen molar-refractivity contribution in [3.63, 3.8) is 0 Å². The number of para-hydroxylation sites is 1. The van der Waals surface area contributed by atoms with Gasteiger partial charge in [-0.1, -0.05) is 24.3 Å². The maximum absolute atomic E-state index is 12.6. The lowest BCUT2D eigenvalue weighted by atomic mass is 10.2. The highest BCUT2D eigenvalue weighted by Crippen LogP contribution is 2.29. The van der Waals surface area contributed by atoms with Crippen LogP contribution >= 0.6 is 0 Å². The van der Waals surface area contributed by atoms with E-state index in [1.807, 2.05) is 25.1 Å². The van der Waals surface area contributed by atoms with Crippen LogP contribution in [-0.4, -0.2) is 21.4 Å². The summed E-state index contributed by atoms with van der Waals surface area (Å²) in [6.45, 7) is 1.88. The Morgan fingerprint density at radius 3 is 2.39 bits per heavy atom. The zero-order valence-electron chi connectivity index (χ0n) is 16.9. The summed E-state index contributed by atoms with van der Waals surface area (Å²) in [5, 5.41) is 3.45. The first kappa shape index (κ1) is 20.5. The second kappa shape index (κ2) is 8.16. The molecule has 3 aromatic carbocycles. The predicted molar refractivity (Wildman–Crippen MR) is 119 cm³/mol. The van der Waals surface area contributed by atoms with Crippen molar-refractivity contribution in [3.8, 4) is 5.75 Å². The van der Waals surface area contributed by atoms with E-state index in [-0.39, 0.29) is 10.7 Å². The first-order valence-electron chi connectivity index (χ1n) is 9.43. The summed E-state index contributed by atoms with van der Waals surface area (Å²) >= 11 is 0. The number of aryl methyl sites for hydroxylation is 1. The van der Waals surface area contributed by atoms with Crippen molar-refractivity contribution in [2.75, 3.05) is 17.1 Å². The van der Waals surface area contributed by atoms with Crippen LogP contribution in [0.4, 0.5) is 11.4 Å². The highest BCUT2D eigenvalue weighted by atomic mass is 32.2. The molecule has 0 bridgehead atoms. The molecule has 8 heteroatoms. The largest absolute Gasteiger partial charge is 0.493 e. The normalized spacial score (nSPS) is 11.3. The second-order valence-corrected chi connectivity index (χ2v) is 8.63. The van der Waals surface area contributed by atoms with Gasteiger partial charge in [0, 0.05) is 16.8 Å². The predicted octanol–water partition coefficient (Wildman–Crippen LogP) is 4.80. The summed E-state index contributed by atoms with van der Waals surface area (Å²) in [7, 11) is -2.22. The monoisotopic (exact) mass is 436 g/mol. The van der Waals surface area contributed by atoms with Gasteiger partial charge in [-0.2, -0.15) is 0 Å². The molecule has 1 amide bonds. The Bertz CT molecular complexity index is 1360. The number of hydrogen-bond acceptors (Lipinski definition) is 5. The van der Waals surface area contributed by atoms with Crippen molar-refractivity contribution in [2.45, 2.75) is 11.8 Å². The van der Waals surface area contributed by atoms with Crippen LogP contribution in [0.25, 0.3) is 11.0 Å². The Hall–Kier alpha value is -3.78. The topological polar surface area (TPSA) is 97.6 Å². The van der Waals surface area contributed by atoms with Crippen LogP contribution in [0.2, 0.25) is 0 Å². The van der Waals surface area contributed by atoms with Crippen molar-refractivity contribution in [3.05, 3.63) is 84.1 Å². The molecule has 0 spiro atoms. The van der Waals surface area contributed by atoms with Crippen LogP contribution in [0.15, 0.2) is 82.1 Å². The average molecular weight is 436 g/mol. The number of fused-ring (bicyclic) bond motifs is 1. The highest BCUT2D eigenvalue weighted by molar-refractivity contribution is 7.92. The summed E-state index contributed by atoms with van der Waals surface area (Å²) in [4.78, 5) is 12.6. The molecule has 0 saturated heterocycles. The van der Waals surface area contributed by atoms with E-state index in [2.05, 4.69) is 10.0 Å². The van der Waals surface area contributed by atoms with Crippen molar-refractivity contribution in [1.82, 2.24) is 0 Å². The molecule has 0 aliphatic carbocycles. The molecule has 0 unspecified atom stereocenters. The van der Waals surface area contributed by atoms with Gasteiger partial charge in [-0.25, -0.2) is 8.42 Å². The lowest BCUT2D eigenvalue weighted by Crippen LogP contribution is -2.14. The zero-order valence-corrected chi connectivity index (χ0v) is 17.7. The third kappa shape index (κ3) is 4.39. The number of hydrogen-bond donors (Lipinski definition) is 2. The van der Waals surface area contributed by atoms with Gasteiger partial charge >= 0.3 is 0 Å². The van der Waals surface area contributed by atoms with E-state index in [0.29, 0.717) is 22.7 Å². The highest BCUT2D eigenvalue weighted by Gasteiger charge is 2.17. The van der Waals surface area contributed by atoms with E-state index in [9.17, 15) is 13.2 Å². The molecule has 0 atom stereocenters. The van der Waals surface area contributed by atoms with E-state index in [0.717, 1.165) is 10.9 Å². The van der Waals surface area contributed by atoms with E-state index in [1.165, 1.54) is 31.4 Å². The van der Waals surface area contributed by atoms with Crippen LogP contribution < -0.4 is 14.8 Å². The fourth-order valence-corrected chi connectivity index (χ4v) is 4.19. The number of amides is 1. The van der Waals surface area contributed by atoms with Crippen molar-refractivity contribution < 1.29 is 22.4 Å². The fraction of sp³-hybridized carbons (Fsp3) is 0.0870. The van der Waals surface area contributed by atoms with Crippen molar-refractivity contribution in [2.24, 2.45) is 0 Å². The van der Waals surface area contributed by atoms with Gasteiger partial charge in [-0.3, -0.25) is 9.52 Å². The van der Waals surface area contributed by atoms with Crippen LogP contribution in [0, 0.1) is 6.92 Å². The third-order valence-corrected chi connectivity index (χ3v) is 6.04. The summed E-state index contributed by atoms with van der Waals surface area (Å²) < 4.78 is 38.6. The Morgan fingerprint density at radius 1 is 0.935 bits per heavy atom. The third-order valence-electron chi connectivity index (χ3n) is 4.64. The van der Waals surface area contributed by atoms with Crippen LogP contribution in [-0.2, 0) is 10.0 Å². The molecular weight excluding hydrogens is 416 g/mol. The van der Waals surface area contributed by atoms with E-state index in [1.54, 1.807) is 30.3 Å². The van der Waals surface area contributed by atoms with Gasteiger partial charge in [0.05, 0.1) is 12.0 Å². The molecule has 4 rings (SSSR count). The number of ether oxygens (including phenoxy) is 1. The van der Waals surface area contributed by atoms with E-state index >= 15 is 0 Å². The number of rotatable bonds is 6. The Kier molecular flexibility index (Phi) is 5.39. The fourth-order valence-electron chi connectivity index (χ4n) is 3.14. The second-order valence-electron chi connectivity index (χ2n) is 6.94. The first-order chi connectivity index (χ1) is 14.9. The Balaban J connectivity index is 1.50. The van der Waals surface area contributed by atoms with Crippen molar-refractivity contribution >= 4 is 38.3 Å². The summed E-state index contributed by atoms with van der Waals surface area (Å²) in [5.74, 6) is 0.205. The minimum atomic E-state index is -3.75. The maximum Gasteiger partial charge on any atom is 0.291 e. The lowest BCUT2D eigenvalue weighted by molar-refractivity contribution is 0.0998. The van der Waals surface area contributed by atoms with Gasteiger partial charge < -0.3 is 14.5 Å². The number of furan rings is 1.